The predicted octanol–water partition coefficient (Wildman–Crippen LogP) is 7.91. The SMILES string of the molecule is CC=CC1(C)CCC(C)(C)C(O)O1.CC=CC1(C)CCC(C)(C)CO1.CC=CC1(C)CCC(O)C(C)(C)O1. The molecule has 0 amide bonds. The number of aliphatic hydroxyl groups excluding tert-OH is 2. The Labute approximate surface area is 234 Å². The Morgan fingerprint density at radius 3 is 1.58 bits per heavy atom. The smallest absolute Gasteiger partial charge is 0.160 e. The number of hydrogen-bond donors (Lipinski definition) is 2. The lowest BCUT2D eigenvalue weighted by Gasteiger charge is -2.45. The molecule has 5 nitrogen and oxygen atoms in total. The molecule has 0 aromatic rings. The highest BCUT2D eigenvalue weighted by molar-refractivity contribution is 5.04. The first kappa shape index (κ1) is 35.0. The molecule has 0 aliphatic carbocycles. The van der Waals surface area contributed by atoms with Crippen molar-refractivity contribution < 1.29 is 24.4 Å². The van der Waals surface area contributed by atoms with Crippen LogP contribution in [0.5, 0.6) is 0 Å². The molecule has 38 heavy (non-hydrogen) atoms. The van der Waals surface area contributed by atoms with Crippen molar-refractivity contribution in [3.63, 3.8) is 0 Å². The van der Waals surface area contributed by atoms with Gasteiger partial charge in [0.25, 0.3) is 0 Å². The highest BCUT2D eigenvalue weighted by Gasteiger charge is 2.42. The van der Waals surface area contributed by atoms with Crippen LogP contribution in [0.25, 0.3) is 0 Å². The van der Waals surface area contributed by atoms with Crippen molar-refractivity contribution >= 4 is 0 Å². The lowest BCUT2D eigenvalue weighted by molar-refractivity contribution is -0.243. The molecule has 5 unspecified atom stereocenters. The van der Waals surface area contributed by atoms with Crippen LogP contribution in [0, 0.1) is 10.8 Å². The summed E-state index contributed by atoms with van der Waals surface area (Å²) in [5.74, 6) is 0. The molecule has 3 heterocycles. The van der Waals surface area contributed by atoms with E-state index in [-0.39, 0.29) is 28.3 Å². The number of ether oxygens (including phenoxy) is 3. The van der Waals surface area contributed by atoms with Gasteiger partial charge in [-0.15, -0.1) is 0 Å². The number of hydrogen-bond acceptors (Lipinski definition) is 5. The number of rotatable bonds is 3. The summed E-state index contributed by atoms with van der Waals surface area (Å²) in [6.45, 7) is 25.6. The van der Waals surface area contributed by atoms with Gasteiger partial charge >= 0.3 is 0 Å². The van der Waals surface area contributed by atoms with Crippen molar-refractivity contribution in [2.45, 2.75) is 156 Å². The Balaban J connectivity index is 0.000000285. The molecule has 0 aromatic carbocycles. The summed E-state index contributed by atoms with van der Waals surface area (Å²) in [6.07, 6.45) is 17.4. The Bertz CT molecular complexity index is 798. The van der Waals surface area contributed by atoms with Gasteiger partial charge in [0.2, 0.25) is 0 Å². The summed E-state index contributed by atoms with van der Waals surface area (Å²) in [5.41, 5.74) is -0.625. The minimum absolute atomic E-state index is 0.00424. The molecular formula is C33H60O5. The third-order valence-corrected chi connectivity index (χ3v) is 8.18. The van der Waals surface area contributed by atoms with E-state index in [1.54, 1.807) is 0 Å². The van der Waals surface area contributed by atoms with E-state index in [0.717, 1.165) is 38.7 Å². The molecule has 3 aliphatic heterocycles. The fourth-order valence-corrected chi connectivity index (χ4v) is 5.18. The maximum atomic E-state index is 9.74. The van der Waals surface area contributed by atoms with E-state index >= 15 is 0 Å². The molecule has 3 fully saturated rings. The predicted molar refractivity (Wildman–Crippen MR) is 159 cm³/mol. The van der Waals surface area contributed by atoms with Gasteiger partial charge in [0, 0.05) is 5.41 Å². The Hall–Kier alpha value is -0.980. The maximum Gasteiger partial charge on any atom is 0.160 e. The van der Waals surface area contributed by atoms with Gasteiger partial charge in [-0.2, -0.15) is 0 Å². The lowest BCUT2D eigenvalue weighted by atomic mass is 9.79. The van der Waals surface area contributed by atoms with Crippen LogP contribution in [-0.4, -0.2) is 51.6 Å². The zero-order valence-corrected chi connectivity index (χ0v) is 26.7. The Morgan fingerprint density at radius 1 is 0.632 bits per heavy atom. The van der Waals surface area contributed by atoms with E-state index in [4.69, 9.17) is 14.2 Å². The summed E-state index contributed by atoms with van der Waals surface area (Å²) in [5, 5.41) is 19.4. The van der Waals surface area contributed by atoms with Gasteiger partial charge in [-0.3, -0.25) is 0 Å². The summed E-state index contributed by atoms with van der Waals surface area (Å²) < 4.78 is 17.3. The fourth-order valence-electron chi connectivity index (χ4n) is 5.18. The van der Waals surface area contributed by atoms with Gasteiger partial charge in [-0.1, -0.05) is 64.2 Å². The highest BCUT2D eigenvalue weighted by atomic mass is 16.6. The van der Waals surface area contributed by atoms with Gasteiger partial charge in [0.05, 0.1) is 35.1 Å². The molecule has 3 rings (SSSR count). The first-order valence-corrected chi connectivity index (χ1v) is 14.6. The summed E-state index contributed by atoms with van der Waals surface area (Å²) in [6, 6.07) is 0. The molecule has 2 N–H and O–H groups in total. The molecular weight excluding hydrogens is 476 g/mol. The fraction of sp³-hybridized carbons (Fsp3) is 0.818. The van der Waals surface area contributed by atoms with Crippen LogP contribution in [0.3, 0.4) is 0 Å². The second-order valence-electron chi connectivity index (χ2n) is 14.1. The van der Waals surface area contributed by atoms with E-state index in [2.05, 4.69) is 45.9 Å². The molecule has 0 spiro atoms. The molecule has 5 heteroatoms. The second kappa shape index (κ2) is 13.6. The third-order valence-electron chi connectivity index (χ3n) is 8.18. The van der Waals surface area contributed by atoms with E-state index < -0.39 is 11.9 Å². The standard InChI is InChI=1S/2C11H20O2.C11H20O/c1-5-7-11(4)8-6-9(12)10(2,3)13-11;1-5-6-11(4)8-7-10(2,3)9(12)13-11;1-5-6-11(4)8-7-10(2,3)9-12-11/h5,7,9,12H,6,8H2,1-4H3;5-6,9,12H,7-8H2,1-4H3;5-6H,7-9H2,1-4H3. The van der Waals surface area contributed by atoms with Gasteiger partial charge in [0.1, 0.15) is 0 Å². The van der Waals surface area contributed by atoms with E-state index in [1.807, 2.05) is 73.6 Å². The van der Waals surface area contributed by atoms with Crippen LogP contribution in [-0.2, 0) is 14.2 Å². The minimum atomic E-state index is -0.651. The van der Waals surface area contributed by atoms with Crippen molar-refractivity contribution in [1.82, 2.24) is 0 Å². The quantitative estimate of drug-likeness (QED) is 0.359. The molecule has 3 aliphatic rings. The van der Waals surface area contributed by atoms with E-state index in [9.17, 15) is 10.2 Å². The second-order valence-corrected chi connectivity index (χ2v) is 14.1. The van der Waals surface area contributed by atoms with E-state index in [0.29, 0.717) is 5.41 Å². The van der Waals surface area contributed by atoms with Gasteiger partial charge in [0.15, 0.2) is 6.29 Å². The molecule has 5 atom stereocenters. The van der Waals surface area contributed by atoms with Gasteiger partial charge in [-0.05, 0) is 99.3 Å². The Kier molecular flexibility index (Phi) is 12.5. The molecule has 0 radical (unpaired) electrons. The topological polar surface area (TPSA) is 68.2 Å². The third kappa shape index (κ3) is 10.9. The lowest BCUT2D eigenvalue weighted by Crippen LogP contribution is -2.51. The molecule has 0 aromatic heterocycles. The first-order valence-electron chi connectivity index (χ1n) is 14.6. The van der Waals surface area contributed by atoms with Crippen LogP contribution in [0.2, 0.25) is 0 Å². The zero-order valence-electron chi connectivity index (χ0n) is 26.7. The average molecular weight is 537 g/mol. The van der Waals surface area contributed by atoms with Crippen molar-refractivity contribution in [3.05, 3.63) is 36.5 Å². The molecule has 0 bridgehead atoms. The van der Waals surface area contributed by atoms with Crippen LogP contribution in [0.4, 0.5) is 0 Å². The highest BCUT2D eigenvalue weighted by Crippen LogP contribution is 2.40. The summed E-state index contributed by atoms with van der Waals surface area (Å²) >= 11 is 0. The van der Waals surface area contributed by atoms with Crippen LogP contribution in [0.15, 0.2) is 36.5 Å². The van der Waals surface area contributed by atoms with Crippen molar-refractivity contribution in [1.29, 1.82) is 0 Å². The summed E-state index contributed by atoms with van der Waals surface area (Å²) in [7, 11) is 0. The van der Waals surface area contributed by atoms with Crippen molar-refractivity contribution in [3.8, 4) is 0 Å². The van der Waals surface area contributed by atoms with E-state index in [1.165, 1.54) is 6.42 Å². The van der Waals surface area contributed by atoms with Gasteiger partial charge in [-0.25, -0.2) is 0 Å². The van der Waals surface area contributed by atoms with Crippen LogP contribution in [0.1, 0.15) is 122 Å². The van der Waals surface area contributed by atoms with Gasteiger partial charge < -0.3 is 24.4 Å². The number of aliphatic hydroxyl groups is 2. The van der Waals surface area contributed by atoms with Crippen LogP contribution < -0.4 is 0 Å². The number of allylic oxidation sites excluding steroid dienone is 3. The first-order chi connectivity index (χ1) is 17.3. The normalized spacial score (nSPS) is 38.4. The monoisotopic (exact) mass is 536 g/mol. The van der Waals surface area contributed by atoms with Crippen molar-refractivity contribution in [2.24, 2.45) is 10.8 Å². The molecule has 222 valence electrons. The summed E-state index contributed by atoms with van der Waals surface area (Å²) in [4.78, 5) is 0. The van der Waals surface area contributed by atoms with Crippen molar-refractivity contribution in [2.75, 3.05) is 6.61 Å². The van der Waals surface area contributed by atoms with Crippen LogP contribution >= 0.6 is 0 Å². The molecule has 3 saturated heterocycles. The molecule has 0 saturated carbocycles. The minimum Gasteiger partial charge on any atom is -0.390 e. The average Bonchev–Trinajstić information content (AvgIpc) is 2.78. The largest absolute Gasteiger partial charge is 0.390 e. The zero-order chi connectivity index (χ0) is 29.5. The Morgan fingerprint density at radius 2 is 1.13 bits per heavy atom. The maximum absolute atomic E-state index is 9.74.